The van der Waals surface area contributed by atoms with Crippen LogP contribution in [0.1, 0.15) is 26.7 Å². The van der Waals surface area contributed by atoms with E-state index in [1.54, 1.807) is 12.1 Å². The molecule has 1 saturated heterocycles. The molecule has 1 fully saturated rings. The van der Waals surface area contributed by atoms with Crippen LogP contribution >= 0.6 is 11.6 Å². The third-order valence-corrected chi connectivity index (χ3v) is 5.21. The van der Waals surface area contributed by atoms with Crippen LogP contribution in [0.3, 0.4) is 0 Å². The Morgan fingerprint density at radius 1 is 1.33 bits per heavy atom. The van der Waals surface area contributed by atoms with E-state index < -0.39 is 29.2 Å². The van der Waals surface area contributed by atoms with Crippen molar-refractivity contribution < 1.29 is 19.4 Å². The number of carbonyl (C=O) groups excluding carboxylic acids is 2. The lowest BCUT2D eigenvalue weighted by molar-refractivity contribution is 0.00845. The van der Waals surface area contributed by atoms with E-state index >= 15 is 0 Å². The van der Waals surface area contributed by atoms with Crippen molar-refractivity contribution in [2.45, 2.75) is 19.3 Å². The van der Waals surface area contributed by atoms with Crippen LogP contribution in [0, 0.1) is 0 Å². The second-order valence-electron chi connectivity index (χ2n) is 6.77. The average Bonchev–Trinajstić information content (AvgIpc) is 3.35. The Balaban J connectivity index is 1.43. The van der Waals surface area contributed by atoms with Crippen molar-refractivity contribution in [2.24, 2.45) is 0 Å². The molecule has 0 aliphatic carbocycles. The summed E-state index contributed by atoms with van der Waals surface area (Å²) in [5.74, 6) is -1.72. The first-order chi connectivity index (χ1) is 14.4. The molecular formula is C17H14ClN7O5. The molecule has 2 amide bonds. The van der Waals surface area contributed by atoms with Gasteiger partial charge < -0.3 is 24.6 Å². The summed E-state index contributed by atoms with van der Waals surface area (Å²) in [4.78, 5) is 39.2. The molecule has 0 aromatic carbocycles. The van der Waals surface area contributed by atoms with Crippen LogP contribution in [-0.2, 0) is 17.8 Å². The second-order valence-corrected chi connectivity index (χ2v) is 7.16. The number of amides is 2. The maximum Gasteiger partial charge on any atom is 0.276 e. The highest BCUT2D eigenvalue weighted by Gasteiger charge is 2.39. The topological polar surface area (TPSA) is 144 Å². The Morgan fingerprint density at radius 3 is 3.00 bits per heavy atom. The van der Waals surface area contributed by atoms with Gasteiger partial charge in [-0.2, -0.15) is 9.61 Å². The van der Waals surface area contributed by atoms with Gasteiger partial charge in [-0.1, -0.05) is 11.6 Å². The number of ether oxygens (including phenoxy) is 1. The molecule has 5 heterocycles. The molecule has 12 nitrogen and oxygen atoms in total. The van der Waals surface area contributed by atoms with E-state index in [2.05, 4.69) is 20.6 Å². The standard InChI is InChI=1S/C17H14ClN7O5/c18-9-1-2-10-20-21-11(25(10)22-9)5-19-16(28)8-6-23-7-12-24(3-4-30-12)17(29)13(23)15(27)14(8)26/h1-2,6,12,27H,3-5,7H2,(H,19,28). The second kappa shape index (κ2) is 6.78. The molecule has 1 unspecified atom stereocenters. The normalized spacial score (nSPS) is 17.8. The molecule has 13 heteroatoms. The van der Waals surface area contributed by atoms with Gasteiger partial charge in [-0.15, -0.1) is 10.2 Å². The zero-order chi connectivity index (χ0) is 21.0. The van der Waals surface area contributed by atoms with Crippen LogP contribution in [0.4, 0.5) is 0 Å². The number of nitrogens with one attached hydrogen (secondary N) is 1. The number of rotatable bonds is 3. The Bertz CT molecular complexity index is 1270. The summed E-state index contributed by atoms with van der Waals surface area (Å²) in [6.45, 7) is 0.859. The first-order valence-electron chi connectivity index (χ1n) is 8.98. The molecule has 0 spiro atoms. The molecule has 2 aliphatic heterocycles. The molecule has 2 N–H and O–H groups in total. The van der Waals surface area contributed by atoms with Gasteiger partial charge in [-0.25, -0.2) is 0 Å². The lowest BCUT2D eigenvalue weighted by atomic mass is 10.1. The summed E-state index contributed by atoms with van der Waals surface area (Å²) in [5.41, 5.74) is -0.955. The van der Waals surface area contributed by atoms with Gasteiger partial charge >= 0.3 is 0 Å². The van der Waals surface area contributed by atoms with Gasteiger partial charge in [0.1, 0.15) is 10.7 Å². The molecule has 0 bridgehead atoms. The van der Waals surface area contributed by atoms with E-state index in [1.165, 1.54) is 20.2 Å². The van der Waals surface area contributed by atoms with Crippen molar-refractivity contribution in [2.75, 3.05) is 13.2 Å². The highest BCUT2D eigenvalue weighted by atomic mass is 35.5. The lowest BCUT2D eigenvalue weighted by Gasteiger charge is -2.31. The van der Waals surface area contributed by atoms with E-state index in [0.29, 0.717) is 24.6 Å². The summed E-state index contributed by atoms with van der Waals surface area (Å²) in [6, 6.07) is 3.17. The summed E-state index contributed by atoms with van der Waals surface area (Å²) in [6.07, 6.45) is 0.752. The minimum absolute atomic E-state index is 0.0895. The predicted octanol–water partition coefficient (Wildman–Crippen LogP) is -0.613. The van der Waals surface area contributed by atoms with Crippen LogP contribution in [0.15, 0.2) is 23.1 Å². The summed E-state index contributed by atoms with van der Waals surface area (Å²) in [7, 11) is 0. The number of aromatic hydroxyl groups is 1. The molecule has 5 rings (SSSR count). The lowest BCUT2D eigenvalue weighted by Crippen LogP contribution is -2.46. The molecule has 3 aromatic heterocycles. The molecule has 2 aliphatic rings. The predicted molar refractivity (Wildman–Crippen MR) is 100 cm³/mol. The number of fused-ring (bicyclic) bond motifs is 3. The molecule has 3 aromatic rings. The molecule has 154 valence electrons. The molecule has 0 radical (unpaired) electrons. The van der Waals surface area contributed by atoms with Crippen LogP contribution in [0.2, 0.25) is 5.15 Å². The third kappa shape index (κ3) is 2.80. The smallest absolute Gasteiger partial charge is 0.276 e. The Hall–Kier alpha value is -3.51. The number of pyridine rings is 1. The molecular weight excluding hydrogens is 418 g/mol. The van der Waals surface area contributed by atoms with Gasteiger partial charge in [0, 0.05) is 12.7 Å². The summed E-state index contributed by atoms with van der Waals surface area (Å²) < 4.78 is 8.22. The minimum atomic E-state index is -0.932. The Kier molecular flexibility index (Phi) is 4.18. The highest BCUT2D eigenvalue weighted by molar-refractivity contribution is 6.29. The van der Waals surface area contributed by atoms with E-state index in [9.17, 15) is 19.5 Å². The fourth-order valence-electron chi connectivity index (χ4n) is 3.56. The Labute approximate surface area is 172 Å². The van der Waals surface area contributed by atoms with Gasteiger partial charge in [0.15, 0.2) is 29.1 Å². The fourth-order valence-corrected chi connectivity index (χ4v) is 3.70. The third-order valence-electron chi connectivity index (χ3n) is 5.01. The summed E-state index contributed by atoms with van der Waals surface area (Å²) in [5, 5.41) is 25.0. The van der Waals surface area contributed by atoms with Crippen molar-refractivity contribution in [1.82, 2.24) is 34.6 Å². The van der Waals surface area contributed by atoms with Crippen molar-refractivity contribution in [3.05, 3.63) is 50.8 Å². The quantitative estimate of drug-likeness (QED) is 0.558. The van der Waals surface area contributed by atoms with Gasteiger partial charge in [0.05, 0.1) is 19.7 Å². The number of nitrogens with zero attached hydrogens (tertiary/aromatic N) is 6. The number of carbonyl (C=O) groups is 2. The monoisotopic (exact) mass is 431 g/mol. The average molecular weight is 432 g/mol. The van der Waals surface area contributed by atoms with Crippen LogP contribution < -0.4 is 10.7 Å². The number of hydrogen-bond donors (Lipinski definition) is 2. The van der Waals surface area contributed by atoms with E-state index in [4.69, 9.17) is 16.3 Å². The van der Waals surface area contributed by atoms with Gasteiger partial charge in [-0.05, 0) is 12.1 Å². The first-order valence-corrected chi connectivity index (χ1v) is 9.36. The largest absolute Gasteiger partial charge is 0.503 e. The zero-order valence-corrected chi connectivity index (χ0v) is 16.0. The van der Waals surface area contributed by atoms with E-state index in [1.807, 2.05) is 0 Å². The minimum Gasteiger partial charge on any atom is -0.503 e. The fraction of sp³-hybridized carbons (Fsp3) is 0.294. The maximum atomic E-state index is 12.6. The SMILES string of the molecule is O=C(NCc1nnc2ccc(Cl)nn12)c1cn2c(c(O)c1=O)C(=O)N1CCOC1C2. The zero-order valence-electron chi connectivity index (χ0n) is 15.3. The Morgan fingerprint density at radius 2 is 2.17 bits per heavy atom. The van der Waals surface area contributed by atoms with Crippen LogP contribution in [-0.4, -0.2) is 65.6 Å². The van der Waals surface area contributed by atoms with Gasteiger partial charge in [0.25, 0.3) is 11.8 Å². The van der Waals surface area contributed by atoms with Crippen molar-refractivity contribution in [3.8, 4) is 5.75 Å². The van der Waals surface area contributed by atoms with Crippen molar-refractivity contribution >= 4 is 29.1 Å². The maximum absolute atomic E-state index is 12.6. The van der Waals surface area contributed by atoms with E-state index in [0.717, 1.165) is 0 Å². The number of hydrogen-bond acceptors (Lipinski definition) is 8. The van der Waals surface area contributed by atoms with Crippen LogP contribution in [0.25, 0.3) is 5.65 Å². The molecule has 30 heavy (non-hydrogen) atoms. The van der Waals surface area contributed by atoms with Crippen molar-refractivity contribution in [3.63, 3.8) is 0 Å². The van der Waals surface area contributed by atoms with Gasteiger partial charge in [-0.3, -0.25) is 14.4 Å². The van der Waals surface area contributed by atoms with Gasteiger partial charge in [0.2, 0.25) is 5.43 Å². The van der Waals surface area contributed by atoms with E-state index in [-0.39, 0.29) is 29.5 Å². The molecule has 1 atom stereocenters. The number of aromatic nitrogens is 5. The summed E-state index contributed by atoms with van der Waals surface area (Å²) >= 11 is 5.87. The molecule has 0 saturated carbocycles. The first kappa shape index (κ1) is 18.5. The van der Waals surface area contributed by atoms with Crippen molar-refractivity contribution in [1.29, 1.82) is 0 Å². The highest BCUT2D eigenvalue weighted by Crippen LogP contribution is 2.26. The number of halogens is 1. The van der Waals surface area contributed by atoms with Crippen LogP contribution in [0.5, 0.6) is 5.75 Å².